The van der Waals surface area contributed by atoms with E-state index in [9.17, 15) is 13.6 Å². The zero-order valence-electron chi connectivity index (χ0n) is 21.5. The number of likely N-dealkylation sites (tertiary alicyclic amines) is 1. The topological polar surface area (TPSA) is 85.2 Å². The lowest BCUT2D eigenvalue weighted by Crippen LogP contribution is -2.34. The van der Waals surface area contributed by atoms with Crippen LogP contribution in [0.5, 0.6) is 5.88 Å². The van der Waals surface area contributed by atoms with Gasteiger partial charge in [0.1, 0.15) is 5.82 Å². The molecule has 1 aliphatic rings. The summed E-state index contributed by atoms with van der Waals surface area (Å²) in [6.45, 7) is 7.74. The number of pyridine rings is 2. The van der Waals surface area contributed by atoms with E-state index in [0.717, 1.165) is 24.5 Å². The Morgan fingerprint density at radius 3 is 2.67 bits per heavy atom. The Hall–Kier alpha value is -3.56. The lowest BCUT2D eigenvalue weighted by molar-refractivity contribution is -0.131. The number of amides is 1. The molecule has 1 fully saturated rings. The van der Waals surface area contributed by atoms with Crippen LogP contribution in [0.3, 0.4) is 0 Å². The molecule has 3 aromatic heterocycles. The summed E-state index contributed by atoms with van der Waals surface area (Å²) in [6.07, 6.45) is 4.11. The molecule has 3 aromatic rings. The van der Waals surface area contributed by atoms with Gasteiger partial charge >= 0.3 is 5.92 Å². The van der Waals surface area contributed by atoms with E-state index in [1.807, 2.05) is 43.9 Å². The number of anilines is 1. The Bertz CT molecular complexity index is 1270. The smallest absolute Gasteiger partial charge is 0.302 e. The third-order valence-corrected chi connectivity index (χ3v) is 6.65. The molecule has 0 radical (unpaired) electrons. The summed E-state index contributed by atoms with van der Waals surface area (Å²) in [4.78, 5) is 28.0. The number of ether oxygens (including phenoxy) is 1. The zero-order valence-corrected chi connectivity index (χ0v) is 21.5. The minimum Gasteiger partial charge on any atom is -0.481 e. The molecular formula is C26H32F2N6O2. The summed E-state index contributed by atoms with van der Waals surface area (Å²) < 4.78 is 34.1. The van der Waals surface area contributed by atoms with Crippen molar-refractivity contribution in [2.45, 2.75) is 52.0 Å². The molecule has 1 amide bonds. The molecule has 0 bridgehead atoms. The maximum absolute atomic E-state index is 13.8. The average molecular weight is 499 g/mol. The Morgan fingerprint density at radius 2 is 2.03 bits per heavy atom. The normalized spacial score (nSPS) is 16.8. The van der Waals surface area contributed by atoms with Gasteiger partial charge in [-0.2, -0.15) is 8.78 Å². The largest absolute Gasteiger partial charge is 0.481 e. The number of aryl methyl sites for hydroxylation is 3. The number of rotatable bonds is 7. The highest BCUT2D eigenvalue weighted by Gasteiger charge is 2.32. The lowest BCUT2D eigenvalue weighted by Gasteiger charge is -2.23. The minimum atomic E-state index is -3.03. The number of imidazole rings is 1. The number of methoxy groups -OCH3 is 1. The standard InChI is InChI=1S/C26H32F2N6O2/c1-15-12-29-23(36-6)11-20(15)16(2)24(35)34-10-9-18(13-34)31-22-8-7-19(17(3)30-22)21-14-33(5)25(32-21)26(4,27)28/h7-8,11-12,14,16,18H,9-10,13H2,1-6H3,(H,30,31)/t16-,18+/m1/s1. The first-order chi connectivity index (χ1) is 17.0. The summed E-state index contributed by atoms with van der Waals surface area (Å²) >= 11 is 0. The molecular weight excluding hydrogens is 466 g/mol. The van der Waals surface area contributed by atoms with Crippen molar-refractivity contribution >= 4 is 11.7 Å². The second kappa shape index (κ2) is 9.83. The number of hydrogen-bond acceptors (Lipinski definition) is 6. The monoisotopic (exact) mass is 498 g/mol. The molecule has 36 heavy (non-hydrogen) atoms. The number of hydrogen-bond donors (Lipinski definition) is 1. The van der Waals surface area contributed by atoms with Crippen molar-refractivity contribution in [1.29, 1.82) is 0 Å². The van der Waals surface area contributed by atoms with Crippen LogP contribution in [0.4, 0.5) is 14.6 Å². The summed E-state index contributed by atoms with van der Waals surface area (Å²) in [7, 11) is 3.12. The van der Waals surface area contributed by atoms with Crippen LogP contribution in [0.15, 0.2) is 30.6 Å². The molecule has 0 saturated carbocycles. The van der Waals surface area contributed by atoms with Crippen LogP contribution in [0, 0.1) is 13.8 Å². The maximum Gasteiger partial charge on any atom is 0.302 e. The van der Waals surface area contributed by atoms with Crippen LogP contribution < -0.4 is 10.1 Å². The molecule has 1 saturated heterocycles. The second-order valence-electron chi connectivity index (χ2n) is 9.50. The Balaban J connectivity index is 1.42. The quantitative estimate of drug-likeness (QED) is 0.519. The third-order valence-electron chi connectivity index (χ3n) is 6.65. The average Bonchev–Trinajstić information content (AvgIpc) is 3.45. The number of carbonyl (C=O) groups excluding carboxylic acids is 1. The van der Waals surface area contributed by atoms with Crippen LogP contribution in [-0.2, 0) is 17.8 Å². The Morgan fingerprint density at radius 1 is 1.28 bits per heavy atom. The number of carbonyl (C=O) groups is 1. The van der Waals surface area contributed by atoms with Gasteiger partial charge in [0.2, 0.25) is 11.8 Å². The fraction of sp³-hybridized carbons (Fsp3) is 0.462. The van der Waals surface area contributed by atoms with Gasteiger partial charge < -0.3 is 19.5 Å². The predicted molar refractivity (Wildman–Crippen MR) is 133 cm³/mol. The van der Waals surface area contributed by atoms with Crippen molar-refractivity contribution in [3.8, 4) is 17.1 Å². The molecule has 4 rings (SSSR count). The van der Waals surface area contributed by atoms with E-state index >= 15 is 0 Å². The first-order valence-electron chi connectivity index (χ1n) is 11.9. The van der Waals surface area contributed by atoms with Gasteiger partial charge in [-0.1, -0.05) is 0 Å². The van der Waals surface area contributed by atoms with Gasteiger partial charge in [-0.15, -0.1) is 0 Å². The van der Waals surface area contributed by atoms with Gasteiger partial charge in [0.25, 0.3) is 0 Å². The maximum atomic E-state index is 13.8. The molecule has 0 aliphatic carbocycles. The molecule has 2 atom stereocenters. The van der Waals surface area contributed by atoms with Crippen molar-refractivity contribution in [2.24, 2.45) is 7.05 Å². The van der Waals surface area contributed by atoms with Crippen LogP contribution in [-0.4, -0.2) is 56.6 Å². The van der Waals surface area contributed by atoms with Crippen molar-refractivity contribution in [1.82, 2.24) is 24.4 Å². The molecule has 4 heterocycles. The second-order valence-corrected chi connectivity index (χ2v) is 9.50. The van der Waals surface area contributed by atoms with E-state index in [1.165, 1.54) is 4.57 Å². The fourth-order valence-corrected chi connectivity index (χ4v) is 4.71. The van der Waals surface area contributed by atoms with Gasteiger partial charge in [0, 0.05) is 62.8 Å². The van der Waals surface area contributed by atoms with E-state index in [0.29, 0.717) is 41.7 Å². The van der Waals surface area contributed by atoms with Gasteiger partial charge in [-0.25, -0.2) is 15.0 Å². The first kappa shape index (κ1) is 25.5. The van der Waals surface area contributed by atoms with Crippen molar-refractivity contribution in [3.05, 3.63) is 53.2 Å². The van der Waals surface area contributed by atoms with Gasteiger partial charge in [-0.05, 0) is 50.5 Å². The first-order valence-corrected chi connectivity index (χ1v) is 11.9. The van der Waals surface area contributed by atoms with E-state index in [4.69, 9.17) is 4.74 Å². The highest BCUT2D eigenvalue weighted by molar-refractivity contribution is 5.84. The summed E-state index contributed by atoms with van der Waals surface area (Å²) in [6, 6.07) is 5.54. The van der Waals surface area contributed by atoms with Crippen molar-refractivity contribution in [3.63, 3.8) is 0 Å². The van der Waals surface area contributed by atoms with Crippen molar-refractivity contribution < 1.29 is 18.3 Å². The van der Waals surface area contributed by atoms with Crippen LogP contribution >= 0.6 is 0 Å². The SMILES string of the molecule is COc1cc([C@@H](C)C(=O)N2CC[C@H](Nc3ccc(-c4cn(C)c(C(C)(F)F)n4)c(C)n3)C2)c(C)cn1. The van der Waals surface area contributed by atoms with E-state index in [-0.39, 0.29) is 23.7 Å². The van der Waals surface area contributed by atoms with Crippen LogP contribution in [0.25, 0.3) is 11.3 Å². The summed E-state index contributed by atoms with van der Waals surface area (Å²) in [5.41, 5.74) is 3.71. The Kier molecular flexibility index (Phi) is 6.97. The van der Waals surface area contributed by atoms with Gasteiger partial charge in [0.05, 0.1) is 18.7 Å². The molecule has 1 aliphatic heterocycles. The molecule has 0 unspecified atom stereocenters. The molecule has 1 N–H and O–H groups in total. The molecule has 0 aromatic carbocycles. The molecule has 192 valence electrons. The van der Waals surface area contributed by atoms with Crippen LogP contribution in [0.2, 0.25) is 0 Å². The lowest BCUT2D eigenvalue weighted by atomic mass is 9.97. The Labute approximate surface area is 209 Å². The molecule has 8 nitrogen and oxygen atoms in total. The highest BCUT2D eigenvalue weighted by atomic mass is 19.3. The summed E-state index contributed by atoms with van der Waals surface area (Å²) in [5.74, 6) is -2.39. The number of alkyl halides is 2. The van der Waals surface area contributed by atoms with Crippen molar-refractivity contribution in [2.75, 3.05) is 25.5 Å². The highest BCUT2D eigenvalue weighted by Crippen LogP contribution is 2.31. The zero-order chi connectivity index (χ0) is 26.2. The minimum absolute atomic E-state index is 0.0622. The van der Waals surface area contributed by atoms with Gasteiger partial charge in [-0.3, -0.25) is 4.79 Å². The third kappa shape index (κ3) is 5.17. The van der Waals surface area contributed by atoms with Crippen LogP contribution in [0.1, 0.15) is 48.8 Å². The number of halogens is 2. The molecule has 10 heteroatoms. The summed E-state index contributed by atoms with van der Waals surface area (Å²) in [5, 5.41) is 3.41. The van der Waals surface area contributed by atoms with E-state index < -0.39 is 5.92 Å². The fourth-order valence-electron chi connectivity index (χ4n) is 4.71. The predicted octanol–water partition coefficient (Wildman–Crippen LogP) is 4.43. The number of nitrogens with one attached hydrogen (secondary N) is 1. The van der Waals surface area contributed by atoms with E-state index in [2.05, 4.69) is 20.3 Å². The van der Waals surface area contributed by atoms with E-state index in [1.54, 1.807) is 26.6 Å². The number of aromatic nitrogens is 4. The van der Waals surface area contributed by atoms with Gasteiger partial charge in [0.15, 0.2) is 5.82 Å². The number of nitrogens with zero attached hydrogens (tertiary/aromatic N) is 5. The molecule has 0 spiro atoms.